The van der Waals surface area contributed by atoms with Gasteiger partial charge in [0.2, 0.25) is 11.7 Å². The van der Waals surface area contributed by atoms with Crippen molar-refractivity contribution in [2.75, 3.05) is 7.11 Å². The minimum Gasteiger partial charge on any atom is -0.481 e. The third-order valence-corrected chi connectivity index (χ3v) is 3.41. The fourth-order valence-corrected chi connectivity index (χ4v) is 2.09. The van der Waals surface area contributed by atoms with Gasteiger partial charge in [-0.25, -0.2) is 4.98 Å². The lowest BCUT2D eigenvalue weighted by Gasteiger charge is -2.03. The zero-order chi connectivity index (χ0) is 18.0. The number of benzene rings is 1. The monoisotopic (exact) mass is 345 g/mol. The number of halogens is 2. The fourth-order valence-electron chi connectivity index (χ4n) is 2.09. The Morgan fingerprint density at radius 2 is 1.80 bits per heavy atom. The average Bonchev–Trinajstić information content (AvgIpc) is 3.12. The molecule has 2 aromatic heterocycles. The van der Waals surface area contributed by atoms with Gasteiger partial charge < -0.3 is 9.26 Å². The number of hydrogen-bond acceptors (Lipinski definition) is 6. The van der Waals surface area contributed by atoms with Crippen molar-refractivity contribution < 1.29 is 22.8 Å². The van der Waals surface area contributed by atoms with Gasteiger partial charge in [0.25, 0.3) is 5.89 Å². The van der Waals surface area contributed by atoms with E-state index in [0.29, 0.717) is 29.5 Å². The number of alkyl halides is 2. The molecule has 0 unspecified atom stereocenters. The first-order valence-electron chi connectivity index (χ1n) is 7.25. The quantitative estimate of drug-likeness (QED) is 0.659. The molecule has 0 amide bonds. The number of aromatic nitrogens is 3. The molecule has 3 aromatic rings. The Morgan fingerprint density at radius 1 is 1.12 bits per heavy atom. The van der Waals surface area contributed by atoms with Crippen molar-refractivity contribution >= 4 is 5.78 Å². The fraction of sp³-hybridized carbons (Fsp3) is 0.176. The van der Waals surface area contributed by atoms with Crippen LogP contribution in [-0.2, 0) is 5.92 Å². The molecule has 0 N–H and O–H groups in total. The van der Waals surface area contributed by atoms with Gasteiger partial charge in [-0.2, -0.15) is 13.8 Å². The van der Waals surface area contributed by atoms with Gasteiger partial charge in [0.1, 0.15) is 0 Å². The number of carbonyl (C=O) groups is 1. The second-order valence-electron chi connectivity index (χ2n) is 5.31. The summed E-state index contributed by atoms with van der Waals surface area (Å²) in [4.78, 5) is 20.1. The summed E-state index contributed by atoms with van der Waals surface area (Å²) in [7, 11) is 1.49. The predicted molar refractivity (Wildman–Crippen MR) is 83.5 cm³/mol. The maximum atomic E-state index is 13.1. The van der Waals surface area contributed by atoms with Crippen LogP contribution in [-0.4, -0.2) is 28.0 Å². The van der Waals surface area contributed by atoms with Crippen LogP contribution in [0.3, 0.4) is 0 Å². The summed E-state index contributed by atoms with van der Waals surface area (Å²) >= 11 is 0. The van der Waals surface area contributed by atoms with Gasteiger partial charge in [0, 0.05) is 35.9 Å². The molecule has 8 heteroatoms. The molecule has 0 aliphatic rings. The molecule has 0 radical (unpaired) electrons. The SMILES string of the molecule is COc1ccc(C(=O)c2ccc(-c3noc(C(C)(F)F)n3)cc2)cn1. The number of ether oxygens (including phenoxy) is 1. The number of hydrogen-bond donors (Lipinski definition) is 0. The van der Waals surface area contributed by atoms with Crippen molar-refractivity contribution in [3.05, 3.63) is 59.6 Å². The van der Waals surface area contributed by atoms with Crippen molar-refractivity contribution in [1.29, 1.82) is 0 Å². The summed E-state index contributed by atoms with van der Waals surface area (Å²) in [6, 6.07) is 9.44. The third-order valence-electron chi connectivity index (χ3n) is 3.41. The number of nitrogens with zero attached hydrogens (tertiary/aromatic N) is 3. The second kappa shape index (κ2) is 6.39. The van der Waals surface area contributed by atoms with Crippen molar-refractivity contribution in [1.82, 2.24) is 15.1 Å². The van der Waals surface area contributed by atoms with Crippen molar-refractivity contribution in [3.63, 3.8) is 0 Å². The largest absolute Gasteiger partial charge is 0.481 e. The highest BCUT2D eigenvalue weighted by Gasteiger charge is 2.32. The number of methoxy groups -OCH3 is 1. The molecule has 2 heterocycles. The summed E-state index contributed by atoms with van der Waals surface area (Å²) in [5.74, 6) is -3.75. The van der Waals surface area contributed by atoms with Crippen LogP contribution >= 0.6 is 0 Å². The van der Waals surface area contributed by atoms with Crippen LogP contribution in [0.5, 0.6) is 5.88 Å². The van der Waals surface area contributed by atoms with Crippen LogP contribution in [0.2, 0.25) is 0 Å². The molecule has 0 fully saturated rings. The first-order chi connectivity index (χ1) is 11.9. The summed E-state index contributed by atoms with van der Waals surface area (Å²) in [6.07, 6.45) is 1.42. The van der Waals surface area contributed by atoms with Gasteiger partial charge in [0.05, 0.1) is 7.11 Å². The summed E-state index contributed by atoms with van der Waals surface area (Å²) < 4.78 is 35.8. The van der Waals surface area contributed by atoms with Crippen molar-refractivity contribution in [2.24, 2.45) is 0 Å². The second-order valence-corrected chi connectivity index (χ2v) is 5.31. The molecule has 0 aliphatic heterocycles. The lowest BCUT2D eigenvalue weighted by Crippen LogP contribution is -2.07. The van der Waals surface area contributed by atoms with Crippen LogP contribution in [0.1, 0.15) is 28.7 Å². The van der Waals surface area contributed by atoms with E-state index in [4.69, 9.17) is 4.74 Å². The molecule has 0 aliphatic carbocycles. The summed E-state index contributed by atoms with van der Waals surface area (Å²) in [5, 5.41) is 3.53. The predicted octanol–water partition coefficient (Wildman–Crippen LogP) is 3.48. The average molecular weight is 345 g/mol. The zero-order valence-electron chi connectivity index (χ0n) is 13.4. The van der Waals surface area contributed by atoms with E-state index in [1.54, 1.807) is 36.4 Å². The van der Waals surface area contributed by atoms with E-state index >= 15 is 0 Å². The normalized spacial score (nSPS) is 11.4. The highest BCUT2D eigenvalue weighted by molar-refractivity contribution is 6.08. The highest BCUT2D eigenvalue weighted by atomic mass is 19.3. The molecule has 25 heavy (non-hydrogen) atoms. The number of rotatable bonds is 5. The lowest BCUT2D eigenvalue weighted by atomic mass is 10.0. The highest BCUT2D eigenvalue weighted by Crippen LogP contribution is 2.27. The van der Waals surface area contributed by atoms with Crippen LogP contribution in [0, 0.1) is 0 Å². The Morgan fingerprint density at radius 3 is 2.32 bits per heavy atom. The molecule has 3 rings (SSSR count). The molecular formula is C17H13F2N3O3. The minimum atomic E-state index is -3.21. The van der Waals surface area contributed by atoms with Crippen molar-refractivity contribution in [2.45, 2.75) is 12.8 Å². The van der Waals surface area contributed by atoms with Crippen LogP contribution in [0.4, 0.5) is 8.78 Å². The first kappa shape index (κ1) is 16.7. The van der Waals surface area contributed by atoms with Crippen molar-refractivity contribution in [3.8, 4) is 17.3 Å². The molecule has 0 bridgehead atoms. The molecule has 1 aromatic carbocycles. The Bertz CT molecular complexity index is 885. The van der Waals surface area contributed by atoms with Crippen LogP contribution in [0.25, 0.3) is 11.4 Å². The van der Waals surface area contributed by atoms with E-state index in [-0.39, 0.29) is 11.6 Å². The van der Waals surface area contributed by atoms with E-state index in [2.05, 4.69) is 19.6 Å². The van der Waals surface area contributed by atoms with E-state index in [0.717, 1.165) is 0 Å². The molecular weight excluding hydrogens is 332 g/mol. The van der Waals surface area contributed by atoms with Gasteiger partial charge in [0.15, 0.2) is 5.78 Å². The standard InChI is InChI=1S/C17H13F2N3O3/c1-17(18,19)16-21-15(22-25-16)11-5-3-10(4-6-11)14(23)12-7-8-13(24-2)20-9-12/h3-9H,1-2H3. The van der Waals surface area contributed by atoms with Crippen LogP contribution in [0.15, 0.2) is 47.1 Å². The Kier molecular flexibility index (Phi) is 4.26. The van der Waals surface area contributed by atoms with Crippen LogP contribution < -0.4 is 4.74 Å². The molecule has 128 valence electrons. The number of carbonyl (C=O) groups excluding carboxylic acids is 1. The molecule has 0 spiro atoms. The third kappa shape index (κ3) is 3.52. The molecule has 0 saturated heterocycles. The van der Waals surface area contributed by atoms with E-state index in [9.17, 15) is 13.6 Å². The maximum Gasteiger partial charge on any atom is 0.322 e. The minimum absolute atomic E-state index is 0.0293. The van der Waals surface area contributed by atoms with E-state index in [1.165, 1.54) is 13.3 Å². The van der Waals surface area contributed by atoms with Gasteiger partial charge >= 0.3 is 5.92 Å². The summed E-state index contributed by atoms with van der Waals surface area (Å²) in [6.45, 7) is 0.676. The number of pyridine rings is 1. The Balaban J connectivity index is 1.81. The number of ketones is 1. The maximum absolute atomic E-state index is 13.1. The zero-order valence-corrected chi connectivity index (χ0v) is 13.4. The van der Waals surface area contributed by atoms with Gasteiger partial charge in [-0.15, -0.1) is 0 Å². The molecule has 0 saturated carbocycles. The molecule has 6 nitrogen and oxygen atoms in total. The smallest absolute Gasteiger partial charge is 0.322 e. The Hall–Kier alpha value is -3.16. The topological polar surface area (TPSA) is 78.1 Å². The lowest BCUT2D eigenvalue weighted by molar-refractivity contribution is -0.0158. The van der Waals surface area contributed by atoms with E-state index < -0.39 is 11.8 Å². The van der Waals surface area contributed by atoms with Gasteiger partial charge in [-0.3, -0.25) is 4.79 Å². The molecule has 0 atom stereocenters. The Labute approximate surface area is 141 Å². The first-order valence-corrected chi connectivity index (χ1v) is 7.25. The van der Waals surface area contributed by atoms with Gasteiger partial charge in [-0.1, -0.05) is 29.4 Å². The van der Waals surface area contributed by atoms with E-state index in [1.807, 2.05) is 0 Å². The van der Waals surface area contributed by atoms with Gasteiger partial charge in [-0.05, 0) is 6.07 Å². The summed E-state index contributed by atoms with van der Waals surface area (Å²) in [5.41, 5.74) is 1.28.